The van der Waals surface area contributed by atoms with Crippen LogP contribution >= 0.6 is 0 Å². The molecule has 0 saturated heterocycles. The van der Waals surface area contributed by atoms with Crippen molar-refractivity contribution in [2.45, 2.75) is 12.6 Å². The maximum Gasteiger partial charge on any atom is 0.257 e. The predicted octanol–water partition coefficient (Wildman–Crippen LogP) is 5.65. The molecule has 0 aromatic heterocycles. The van der Waals surface area contributed by atoms with Crippen LogP contribution < -0.4 is 5.32 Å². The zero-order valence-electron chi connectivity index (χ0n) is 16.1. The molecule has 0 aliphatic carbocycles. The van der Waals surface area contributed by atoms with Crippen LogP contribution in [0.25, 0.3) is 10.8 Å². The number of rotatable bonds is 4. The summed E-state index contributed by atoms with van der Waals surface area (Å²) in [6.07, 6.45) is 0.616. The molecule has 0 spiro atoms. The van der Waals surface area contributed by atoms with Crippen molar-refractivity contribution in [3.05, 3.63) is 114 Å². The number of hydrogen-bond donors (Lipinski definition) is 1. The molecule has 5 rings (SSSR count). The summed E-state index contributed by atoms with van der Waals surface area (Å²) in [4.78, 5) is 15.4. The average molecular weight is 378 g/mol. The Morgan fingerprint density at radius 3 is 2.38 bits per heavy atom. The molecule has 4 aromatic rings. The fourth-order valence-electron chi connectivity index (χ4n) is 4.15. The van der Waals surface area contributed by atoms with Gasteiger partial charge >= 0.3 is 0 Å². The second-order valence-electron chi connectivity index (χ2n) is 7.39. The van der Waals surface area contributed by atoms with E-state index in [0.717, 1.165) is 23.2 Å². The maximum absolute atomic E-state index is 13.4. The van der Waals surface area contributed by atoms with Gasteiger partial charge < -0.3 is 10.2 Å². The van der Waals surface area contributed by atoms with Crippen molar-refractivity contribution in [1.82, 2.24) is 4.90 Å². The standard InChI is InChI=1S/C26H22N2O/c29-26-23-14-6-7-16-24(23)27-25(28(26)18-17-19-9-2-1-3-10-19)22-15-8-12-20-11-4-5-13-21(20)22/h1-16,25,27H,17-18H2. The Labute approximate surface area is 170 Å². The summed E-state index contributed by atoms with van der Waals surface area (Å²) >= 11 is 0. The van der Waals surface area contributed by atoms with Gasteiger partial charge in [-0.25, -0.2) is 0 Å². The third-order valence-corrected chi connectivity index (χ3v) is 5.62. The first-order valence-corrected chi connectivity index (χ1v) is 9.99. The Hall–Kier alpha value is -3.59. The Morgan fingerprint density at radius 2 is 1.48 bits per heavy atom. The first-order chi connectivity index (χ1) is 14.3. The zero-order valence-corrected chi connectivity index (χ0v) is 16.1. The van der Waals surface area contributed by atoms with Crippen molar-refractivity contribution in [3.63, 3.8) is 0 Å². The van der Waals surface area contributed by atoms with Gasteiger partial charge in [0.15, 0.2) is 0 Å². The summed E-state index contributed by atoms with van der Waals surface area (Å²) in [6.45, 7) is 0.651. The van der Waals surface area contributed by atoms with E-state index in [4.69, 9.17) is 0 Å². The van der Waals surface area contributed by atoms with E-state index >= 15 is 0 Å². The highest BCUT2D eigenvalue weighted by Gasteiger charge is 2.33. The van der Waals surface area contributed by atoms with E-state index in [1.165, 1.54) is 16.3 Å². The molecule has 1 atom stereocenters. The molecule has 1 unspecified atom stereocenters. The molecule has 3 heteroatoms. The molecule has 0 bridgehead atoms. The summed E-state index contributed by atoms with van der Waals surface area (Å²) < 4.78 is 0. The van der Waals surface area contributed by atoms with Crippen LogP contribution in [0.3, 0.4) is 0 Å². The van der Waals surface area contributed by atoms with Gasteiger partial charge in [-0.1, -0.05) is 84.9 Å². The lowest BCUT2D eigenvalue weighted by Gasteiger charge is -2.38. The quantitative estimate of drug-likeness (QED) is 0.498. The Bertz CT molecular complexity index is 1160. The van der Waals surface area contributed by atoms with Gasteiger partial charge in [0.2, 0.25) is 0 Å². The lowest BCUT2D eigenvalue weighted by Crippen LogP contribution is -2.44. The van der Waals surface area contributed by atoms with Crippen molar-refractivity contribution in [2.75, 3.05) is 11.9 Å². The maximum atomic E-state index is 13.4. The highest BCUT2D eigenvalue weighted by Crippen LogP contribution is 2.36. The topological polar surface area (TPSA) is 32.3 Å². The van der Waals surface area contributed by atoms with Crippen LogP contribution in [0.4, 0.5) is 5.69 Å². The Kier molecular flexibility index (Phi) is 4.49. The second-order valence-corrected chi connectivity index (χ2v) is 7.39. The van der Waals surface area contributed by atoms with Crippen molar-refractivity contribution in [2.24, 2.45) is 0 Å². The van der Waals surface area contributed by atoms with Crippen LogP contribution in [0.2, 0.25) is 0 Å². The van der Waals surface area contributed by atoms with Crippen LogP contribution in [0, 0.1) is 0 Å². The van der Waals surface area contributed by atoms with Crippen molar-refractivity contribution in [1.29, 1.82) is 0 Å². The second kappa shape index (κ2) is 7.44. The van der Waals surface area contributed by atoms with Crippen LogP contribution in [0.15, 0.2) is 97.1 Å². The molecule has 1 heterocycles. The molecular formula is C26H22N2O. The van der Waals surface area contributed by atoms with Crippen LogP contribution in [-0.4, -0.2) is 17.4 Å². The van der Waals surface area contributed by atoms with Gasteiger partial charge in [-0.3, -0.25) is 4.79 Å². The molecule has 1 aliphatic heterocycles. The number of carbonyl (C=O) groups is 1. The Balaban J connectivity index is 1.57. The molecule has 1 N–H and O–H groups in total. The number of carbonyl (C=O) groups excluding carboxylic acids is 1. The minimum atomic E-state index is -0.202. The van der Waals surface area contributed by atoms with E-state index in [1.54, 1.807) is 0 Å². The molecule has 3 nitrogen and oxygen atoms in total. The van der Waals surface area contributed by atoms with Gasteiger partial charge in [0.1, 0.15) is 6.17 Å². The normalized spacial score (nSPS) is 15.8. The van der Waals surface area contributed by atoms with Crippen molar-refractivity contribution in [3.8, 4) is 0 Å². The lowest BCUT2D eigenvalue weighted by molar-refractivity contribution is 0.0687. The number of fused-ring (bicyclic) bond motifs is 2. The van der Waals surface area contributed by atoms with E-state index in [-0.39, 0.29) is 12.1 Å². The average Bonchev–Trinajstić information content (AvgIpc) is 2.79. The molecule has 29 heavy (non-hydrogen) atoms. The smallest absolute Gasteiger partial charge is 0.257 e. The third kappa shape index (κ3) is 3.25. The van der Waals surface area contributed by atoms with Gasteiger partial charge in [0, 0.05) is 17.8 Å². The van der Waals surface area contributed by atoms with Crippen LogP contribution in [0.1, 0.15) is 27.7 Å². The molecule has 0 saturated carbocycles. The lowest BCUT2D eigenvalue weighted by atomic mass is 9.98. The fourth-order valence-corrected chi connectivity index (χ4v) is 4.15. The first-order valence-electron chi connectivity index (χ1n) is 9.99. The van der Waals surface area contributed by atoms with Gasteiger partial charge in [-0.2, -0.15) is 0 Å². The molecule has 0 fully saturated rings. The van der Waals surface area contributed by atoms with E-state index in [9.17, 15) is 4.79 Å². The summed E-state index contributed by atoms with van der Waals surface area (Å²) in [5.74, 6) is 0.0771. The number of amides is 1. The van der Waals surface area contributed by atoms with E-state index < -0.39 is 0 Å². The monoisotopic (exact) mass is 378 g/mol. The van der Waals surface area contributed by atoms with E-state index in [0.29, 0.717) is 6.54 Å². The number of para-hydroxylation sites is 1. The van der Waals surface area contributed by atoms with Crippen molar-refractivity contribution >= 4 is 22.4 Å². The minimum absolute atomic E-state index is 0.0771. The number of nitrogens with one attached hydrogen (secondary N) is 1. The fraction of sp³-hybridized carbons (Fsp3) is 0.115. The van der Waals surface area contributed by atoms with Gasteiger partial charge in [-0.15, -0.1) is 0 Å². The predicted molar refractivity (Wildman–Crippen MR) is 118 cm³/mol. The summed E-state index contributed by atoms with van der Waals surface area (Å²) in [7, 11) is 0. The summed E-state index contributed by atoms with van der Waals surface area (Å²) in [5.41, 5.74) is 3.98. The molecule has 4 aromatic carbocycles. The number of nitrogens with zero attached hydrogens (tertiary/aromatic N) is 1. The molecular weight excluding hydrogens is 356 g/mol. The van der Waals surface area contributed by atoms with Gasteiger partial charge in [0.05, 0.1) is 5.56 Å². The van der Waals surface area contributed by atoms with E-state index in [1.807, 2.05) is 53.4 Å². The third-order valence-electron chi connectivity index (χ3n) is 5.62. The largest absolute Gasteiger partial charge is 0.361 e. The van der Waals surface area contributed by atoms with Crippen LogP contribution in [0.5, 0.6) is 0 Å². The number of benzene rings is 4. The number of anilines is 1. The molecule has 1 amide bonds. The van der Waals surface area contributed by atoms with E-state index in [2.05, 4.69) is 53.8 Å². The zero-order chi connectivity index (χ0) is 19.6. The summed E-state index contributed by atoms with van der Waals surface area (Å²) in [5, 5.41) is 5.98. The Morgan fingerprint density at radius 1 is 0.759 bits per heavy atom. The highest BCUT2D eigenvalue weighted by molar-refractivity contribution is 6.02. The van der Waals surface area contributed by atoms with Crippen molar-refractivity contribution < 1.29 is 4.79 Å². The molecule has 142 valence electrons. The summed E-state index contributed by atoms with van der Waals surface area (Å²) in [6, 6.07) is 32.8. The van der Waals surface area contributed by atoms with Crippen LogP contribution in [-0.2, 0) is 6.42 Å². The first kappa shape index (κ1) is 17.5. The van der Waals surface area contributed by atoms with Gasteiger partial charge in [0.25, 0.3) is 5.91 Å². The SMILES string of the molecule is O=C1c2ccccc2NC(c2cccc3ccccc23)N1CCc1ccccc1. The minimum Gasteiger partial charge on any atom is -0.361 e. The number of hydrogen-bond acceptors (Lipinski definition) is 2. The molecule has 1 aliphatic rings. The molecule has 0 radical (unpaired) electrons. The van der Waals surface area contributed by atoms with Gasteiger partial charge in [-0.05, 0) is 34.9 Å². The highest BCUT2D eigenvalue weighted by atomic mass is 16.2.